The molecule has 3 amide bonds. The topological polar surface area (TPSA) is 126 Å². The molecule has 4 aromatic rings. The first-order valence-corrected chi connectivity index (χ1v) is 11.9. The fourth-order valence-corrected chi connectivity index (χ4v) is 5.05. The van der Waals surface area contributed by atoms with E-state index in [4.69, 9.17) is 0 Å². The number of hydrogen-bond acceptors (Lipinski definition) is 9. The minimum absolute atomic E-state index is 0.116. The lowest BCUT2D eigenvalue weighted by Gasteiger charge is -2.07. The van der Waals surface area contributed by atoms with Crippen LogP contribution in [0.2, 0.25) is 0 Å². The van der Waals surface area contributed by atoms with Crippen molar-refractivity contribution in [2.75, 3.05) is 21.7 Å². The van der Waals surface area contributed by atoms with E-state index in [9.17, 15) is 14.4 Å². The second kappa shape index (κ2) is 9.85. The third kappa shape index (κ3) is 5.66. The first-order valence-electron chi connectivity index (χ1n) is 9.27. The van der Waals surface area contributed by atoms with Crippen LogP contribution < -0.4 is 16.0 Å². The first-order chi connectivity index (χ1) is 15.5. The zero-order valence-electron chi connectivity index (χ0n) is 16.6. The molecule has 2 aromatic carbocycles. The van der Waals surface area contributed by atoms with Gasteiger partial charge in [0.15, 0.2) is 9.35 Å². The molecule has 2 aromatic heterocycles. The average molecular weight is 485 g/mol. The molecule has 4 rings (SSSR count). The summed E-state index contributed by atoms with van der Waals surface area (Å²) in [4.78, 5) is 40.1. The Balaban J connectivity index is 1.30. The second-order valence-corrected chi connectivity index (χ2v) is 9.64. The number of anilines is 3. The molecule has 0 bridgehead atoms. The van der Waals surface area contributed by atoms with Crippen molar-refractivity contribution in [3.8, 4) is 0 Å². The number of hydrogen-bond donors (Lipinski definition) is 3. The third-order valence-electron chi connectivity index (χ3n) is 3.91. The fraction of sp³-hybridized carbons (Fsp3) is 0.100. The monoisotopic (exact) mass is 484 g/mol. The van der Waals surface area contributed by atoms with Gasteiger partial charge in [0.2, 0.25) is 16.9 Å². The van der Waals surface area contributed by atoms with Crippen molar-refractivity contribution in [2.45, 2.75) is 11.3 Å². The Morgan fingerprint density at radius 2 is 1.72 bits per heavy atom. The van der Waals surface area contributed by atoms with Gasteiger partial charge in [0, 0.05) is 18.3 Å². The van der Waals surface area contributed by atoms with Crippen molar-refractivity contribution >= 4 is 78.9 Å². The van der Waals surface area contributed by atoms with Crippen LogP contribution in [0.25, 0.3) is 10.2 Å². The lowest BCUT2D eigenvalue weighted by Crippen LogP contribution is -2.14. The summed E-state index contributed by atoms with van der Waals surface area (Å²) in [6, 6.07) is 14.4. The van der Waals surface area contributed by atoms with Crippen molar-refractivity contribution in [1.82, 2.24) is 15.2 Å². The molecule has 0 unspecified atom stereocenters. The molecule has 0 atom stereocenters. The van der Waals surface area contributed by atoms with E-state index in [1.165, 1.54) is 41.4 Å². The number of benzene rings is 2. The Labute approximate surface area is 194 Å². The Morgan fingerprint density at radius 1 is 0.938 bits per heavy atom. The number of rotatable bonds is 7. The molecule has 0 aliphatic heterocycles. The molecule has 162 valence electrons. The Bertz CT molecular complexity index is 1270. The highest BCUT2D eigenvalue weighted by Gasteiger charge is 2.15. The molecule has 0 fully saturated rings. The van der Waals surface area contributed by atoms with E-state index < -0.39 is 0 Å². The normalized spacial score (nSPS) is 10.7. The fourth-order valence-electron chi connectivity index (χ4n) is 2.64. The molecule has 12 heteroatoms. The van der Waals surface area contributed by atoms with Gasteiger partial charge in [0.25, 0.3) is 5.91 Å². The molecule has 9 nitrogen and oxygen atoms in total. The van der Waals surface area contributed by atoms with Crippen LogP contribution in [-0.4, -0.2) is 38.7 Å². The molecule has 3 N–H and O–H groups in total. The summed E-state index contributed by atoms with van der Waals surface area (Å²) < 4.78 is 1.48. The molecule has 0 spiro atoms. The van der Waals surface area contributed by atoms with E-state index in [-0.39, 0.29) is 23.5 Å². The summed E-state index contributed by atoms with van der Waals surface area (Å²) in [6.45, 7) is 1.42. The minimum Gasteiger partial charge on any atom is -0.326 e. The Hall–Kier alpha value is -3.35. The van der Waals surface area contributed by atoms with Gasteiger partial charge in [0.05, 0.1) is 16.0 Å². The van der Waals surface area contributed by atoms with Gasteiger partial charge in [-0.25, -0.2) is 4.98 Å². The Kier molecular flexibility index (Phi) is 6.73. The van der Waals surface area contributed by atoms with E-state index >= 15 is 0 Å². The molecule has 2 heterocycles. The maximum absolute atomic E-state index is 12.4. The summed E-state index contributed by atoms with van der Waals surface area (Å²) in [6.07, 6.45) is 0. The molecular weight excluding hydrogens is 468 g/mol. The molecule has 32 heavy (non-hydrogen) atoms. The summed E-state index contributed by atoms with van der Waals surface area (Å²) in [5.74, 6) is -0.655. The highest BCUT2D eigenvalue weighted by molar-refractivity contribution is 8.01. The molecular formula is C20H16N6O3S3. The number of thiazole rings is 1. The van der Waals surface area contributed by atoms with Gasteiger partial charge in [-0.15, -0.1) is 21.5 Å². The quantitative estimate of drug-likeness (QED) is 0.266. The van der Waals surface area contributed by atoms with Gasteiger partial charge >= 0.3 is 0 Å². The van der Waals surface area contributed by atoms with Gasteiger partial charge in [-0.2, -0.15) is 0 Å². The van der Waals surface area contributed by atoms with E-state index in [2.05, 4.69) is 31.1 Å². The number of aromatic nitrogens is 3. The van der Waals surface area contributed by atoms with Gasteiger partial charge in [-0.05, 0) is 30.3 Å². The summed E-state index contributed by atoms with van der Waals surface area (Å²) in [5, 5.41) is 16.8. The highest BCUT2D eigenvalue weighted by Crippen LogP contribution is 2.27. The molecule has 0 aliphatic carbocycles. The molecule has 0 radical (unpaired) electrons. The van der Waals surface area contributed by atoms with E-state index in [1.807, 2.05) is 24.3 Å². The van der Waals surface area contributed by atoms with Gasteiger partial charge < -0.3 is 10.6 Å². The van der Waals surface area contributed by atoms with E-state index in [0.717, 1.165) is 10.2 Å². The molecule has 0 saturated heterocycles. The predicted octanol–water partition coefficient (Wildman–Crippen LogP) is 4.09. The molecule has 0 saturated carbocycles. The first kappa shape index (κ1) is 21.9. The van der Waals surface area contributed by atoms with Crippen molar-refractivity contribution < 1.29 is 14.4 Å². The number of amides is 3. The van der Waals surface area contributed by atoms with Gasteiger partial charge in [-0.3, -0.25) is 19.7 Å². The standard InChI is InChI=1S/C20H16N6O3S3/c1-11(27)21-12-5-4-6-13(9-12)22-16(28)10-30-20-26-25-19(32-20)24-17(29)18-23-14-7-2-3-8-15(14)31-18/h2-9H,10H2,1H3,(H,21,27)(H,22,28)(H,24,25,29). The SMILES string of the molecule is CC(=O)Nc1cccc(NC(=O)CSc2nnc(NC(=O)c3nc4ccccc4s3)s2)c1. The predicted molar refractivity (Wildman–Crippen MR) is 128 cm³/mol. The number of carbonyl (C=O) groups is 3. The zero-order chi connectivity index (χ0) is 22.5. The van der Waals surface area contributed by atoms with Gasteiger partial charge in [-0.1, -0.05) is 41.3 Å². The van der Waals surface area contributed by atoms with Crippen LogP contribution in [0.15, 0.2) is 52.9 Å². The second-order valence-electron chi connectivity index (χ2n) is 6.41. The van der Waals surface area contributed by atoms with Crippen LogP contribution in [0.4, 0.5) is 16.5 Å². The van der Waals surface area contributed by atoms with Crippen LogP contribution in [0.3, 0.4) is 0 Å². The third-order valence-corrected chi connectivity index (χ3v) is 6.92. The maximum atomic E-state index is 12.4. The van der Waals surface area contributed by atoms with E-state index in [0.29, 0.717) is 25.9 Å². The number of nitrogens with zero attached hydrogens (tertiary/aromatic N) is 3. The summed E-state index contributed by atoms with van der Waals surface area (Å²) >= 11 is 3.69. The molecule has 0 aliphatic rings. The van der Waals surface area contributed by atoms with Crippen LogP contribution in [0.5, 0.6) is 0 Å². The number of para-hydroxylation sites is 1. The van der Waals surface area contributed by atoms with Crippen LogP contribution in [0.1, 0.15) is 16.7 Å². The number of fused-ring (bicyclic) bond motifs is 1. The summed E-state index contributed by atoms with van der Waals surface area (Å²) in [7, 11) is 0. The van der Waals surface area contributed by atoms with Gasteiger partial charge in [0.1, 0.15) is 0 Å². The highest BCUT2D eigenvalue weighted by atomic mass is 32.2. The smallest absolute Gasteiger partial charge is 0.286 e. The summed E-state index contributed by atoms with van der Waals surface area (Å²) in [5.41, 5.74) is 1.94. The number of nitrogens with one attached hydrogen (secondary N) is 3. The van der Waals surface area contributed by atoms with Crippen molar-refractivity contribution in [1.29, 1.82) is 0 Å². The van der Waals surface area contributed by atoms with Crippen LogP contribution in [0, 0.1) is 0 Å². The lowest BCUT2D eigenvalue weighted by atomic mass is 10.2. The average Bonchev–Trinajstić information content (AvgIpc) is 3.39. The van der Waals surface area contributed by atoms with Crippen molar-refractivity contribution in [2.24, 2.45) is 0 Å². The Morgan fingerprint density at radius 3 is 2.50 bits per heavy atom. The number of thioether (sulfide) groups is 1. The van der Waals surface area contributed by atoms with E-state index in [1.54, 1.807) is 24.3 Å². The number of carbonyl (C=O) groups excluding carboxylic acids is 3. The maximum Gasteiger partial charge on any atom is 0.286 e. The van der Waals surface area contributed by atoms with Crippen molar-refractivity contribution in [3.63, 3.8) is 0 Å². The minimum atomic E-state index is -0.351. The zero-order valence-corrected chi connectivity index (χ0v) is 19.1. The lowest BCUT2D eigenvalue weighted by molar-refractivity contribution is -0.114. The largest absolute Gasteiger partial charge is 0.326 e. The van der Waals surface area contributed by atoms with Crippen molar-refractivity contribution in [3.05, 3.63) is 53.5 Å². The van der Waals surface area contributed by atoms with Crippen LogP contribution >= 0.6 is 34.4 Å². The van der Waals surface area contributed by atoms with Crippen LogP contribution in [-0.2, 0) is 9.59 Å².